The van der Waals surface area contributed by atoms with Crippen LogP contribution < -0.4 is 10.6 Å². The minimum Gasteiger partial charge on any atom is -0.345 e. The first-order valence-corrected chi connectivity index (χ1v) is 21.1. The van der Waals surface area contributed by atoms with Crippen LogP contribution in [0.4, 0.5) is 17.6 Å². The molecular weight excluding hydrogens is 761 g/mol. The van der Waals surface area contributed by atoms with Gasteiger partial charge in [0, 0.05) is 59.4 Å². The highest BCUT2D eigenvalue weighted by atomic mass is 32.1. The fraction of sp³-hybridized carbons (Fsp3) is 0.524. The smallest absolute Gasteiger partial charge is 0.248 e. The Bertz CT molecular complexity index is 2170. The van der Waals surface area contributed by atoms with Crippen molar-refractivity contribution in [3.05, 3.63) is 59.1 Å². The predicted molar refractivity (Wildman–Crippen MR) is 215 cm³/mol. The zero-order valence-electron chi connectivity index (χ0n) is 32.6. The number of fused-ring (bicyclic) bond motifs is 1. The number of H-pyrrole nitrogens is 2. The Hall–Kier alpha value is -4.04. The second-order valence-corrected chi connectivity index (χ2v) is 19.5. The molecule has 2 amide bonds. The molecule has 2 saturated carbocycles. The number of nitrogens with one attached hydrogen (secondary N) is 4. The summed E-state index contributed by atoms with van der Waals surface area (Å²) in [6.07, 6.45) is 3.20. The number of carbonyl (C=O) groups excluding carboxylic acids is 2. The lowest BCUT2D eigenvalue weighted by Crippen LogP contribution is -2.42. The molecule has 4 N–H and O–H groups in total. The molecule has 2 fully saturated rings. The monoisotopic (exact) mass is 810 g/mol. The fourth-order valence-corrected chi connectivity index (χ4v) is 10.2. The molecule has 2 aliphatic rings. The van der Waals surface area contributed by atoms with Crippen molar-refractivity contribution < 1.29 is 27.2 Å². The van der Waals surface area contributed by atoms with Crippen molar-refractivity contribution >= 4 is 43.9 Å². The molecule has 4 aromatic heterocycles. The quantitative estimate of drug-likeness (QED) is 0.111. The number of hydrogen-bond donors (Lipinski definition) is 4. The van der Waals surface area contributed by atoms with Crippen LogP contribution >= 0.6 is 22.7 Å². The largest absolute Gasteiger partial charge is 0.345 e. The van der Waals surface area contributed by atoms with Crippen molar-refractivity contribution in [1.29, 1.82) is 0 Å². The van der Waals surface area contributed by atoms with Gasteiger partial charge in [-0.15, -0.1) is 22.7 Å². The summed E-state index contributed by atoms with van der Waals surface area (Å²) in [5.74, 6) is -5.42. The Balaban J connectivity index is 1.05. The summed E-state index contributed by atoms with van der Waals surface area (Å²) in [5.41, 5.74) is 5.04. The lowest BCUT2D eigenvalue weighted by Gasteiger charge is -2.33. The first-order valence-electron chi connectivity index (χ1n) is 19.3. The van der Waals surface area contributed by atoms with E-state index in [0.29, 0.717) is 11.6 Å². The van der Waals surface area contributed by atoms with Crippen LogP contribution in [-0.4, -0.2) is 43.6 Å². The summed E-state index contributed by atoms with van der Waals surface area (Å²) >= 11 is 3.31. The molecule has 300 valence electrons. The Morgan fingerprint density at radius 1 is 0.661 bits per heavy atom. The third kappa shape index (κ3) is 8.61. The molecule has 0 bridgehead atoms. The van der Waals surface area contributed by atoms with Crippen molar-refractivity contribution in [2.24, 2.45) is 22.7 Å². The third-order valence-corrected chi connectivity index (χ3v) is 13.5. The first kappa shape index (κ1) is 40.2. The fourth-order valence-electron chi connectivity index (χ4n) is 7.80. The van der Waals surface area contributed by atoms with Crippen LogP contribution in [0.15, 0.2) is 47.4 Å². The number of halogens is 4. The maximum absolute atomic E-state index is 13.8. The van der Waals surface area contributed by atoms with Gasteiger partial charge >= 0.3 is 0 Å². The Morgan fingerprint density at radius 3 is 1.52 bits per heavy atom. The lowest BCUT2D eigenvalue weighted by molar-refractivity contribution is -0.131. The van der Waals surface area contributed by atoms with E-state index in [1.54, 1.807) is 35.1 Å². The van der Waals surface area contributed by atoms with Gasteiger partial charge in [-0.05, 0) is 47.6 Å². The molecular formula is C42H50F4N6O2S2. The van der Waals surface area contributed by atoms with Crippen molar-refractivity contribution in [3.8, 4) is 33.6 Å². The summed E-state index contributed by atoms with van der Waals surface area (Å²) in [7, 11) is 0. The minimum atomic E-state index is -2.69. The average molecular weight is 811 g/mol. The summed E-state index contributed by atoms with van der Waals surface area (Å²) < 4.78 is 57.2. The zero-order chi connectivity index (χ0) is 40.2. The van der Waals surface area contributed by atoms with E-state index in [1.807, 2.05) is 53.7 Å². The summed E-state index contributed by atoms with van der Waals surface area (Å²) in [4.78, 5) is 42.6. The van der Waals surface area contributed by atoms with Gasteiger partial charge < -0.3 is 20.6 Å². The van der Waals surface area contributed by atoms with Crippen molar-refractivity contribution in [3.63, 3.8) is 0 Å². The molecule has 56 heavy (non-hydrogen) atoms. The number of aromatic amines is 2. The van der Waals surface area contributed by atoms with Gasteiger partial charge in [0.05, 0.1) is 45.3 Å². The Kier molecular flexibility index (Phi) is 10.8. The molecule has 1 aromatic carbocycles. The topological polar surface area (TPSA) is 116 Å². The number of carbonyl (C=O) groups is 2. The van der Waals surface area contributed by atoms with Gasteiger partial charge in [0.2, 0.25) is 23.7 Å². The molecule has 7 rings (SSSR count). The Labute approximate surface area is 332 Å². The van der Waals surface area contributed by atoms with Crippen LogP contribution in [0.1, 0.15) is 117 Å². The SMILES string of the molecule is CC(C)(C)C(NC(=O)C1CCC(F)(F)CC1)c1ncc(-c2ccc(-c3csc4c(-c5cnc(C(NC(=O)C6CCC(F)(F)CC6)C(C)(C)C)[nH]5)csc34)cc2)[nH]1. The summed E-state index contributed by atoms with van der Waals surface area (Å²) in [6.45, 7) is 12.1. The van der Waals surface area contributed by atoms with Gasteiger partial charge in [-0.25, -0.2) is 27.5 Å². The molecule has 0 radical (unpaired) electrons. The van der Waals surface area contributed by atoms with Crippen LogP contribution in [0.2, 0.25) is 0 Å². The van der Waals surface area contributed by atoms with Crippen LogP contribution in [-0.2, 0) is 9.59 Å². The average Bonchev–Trinajstić information content (AvgIpc) is 3.94. The second-order valence-electron chi connectivity index (χ2n) is 17.8. The first-order chi connectivity index (χ1) is 26.3. The van der Waals surface area contributed by atoms with E-state index in [0.717, 1.165) is 43.0 Å². The standard InChI is InChI=1S/C42H50F4N6O2S2/c1-39(2,3)33(51-37(53)25-11-15-41(43,44)16-12-25)35-47-19-29(49-35)24-9-7-23(8-10-24)27-21-55-32-28(22-56-31(27)32)30-20-48-36(50-30)34(40(4,5)6)52-38(54)26-13-17-42(45,46)18-14-26/h7-10,19-22,25-26,33-34H,11-18H2,1-6H3,(H,47,49)(H,48,50)(H,51,53)(H,52,54). The number of thiophene rings is 2. The Morgan fingerprint density at radius 2 is 1.05 bits per heavy atom. The molecule has 14 heteroatoms. The molecule has 0 saturated heterocycles. The number of alkyl halides is 4. The highest BCUT2D eigenvalue weighted by Crippen LogP contribution is 2.45. The summed E-state index contributed by atoms with van der Waals surface area (Å²) in [6, 6.07) is 7.38. The van der Waals surface area contributed by atoms with Crippen LogP contribution in [0.5, 0.6) is 0 Å². The van der Waals surface area contributed by atoms with Gasteiger partial charge in [0.25, 0.3) is 0 Å². The maximum Gasteiger partial charge on any atom is 0.248 e. The normalized spacial score (nSPS) is 19.2. The van der Waals surface area contributed by atoms with E-state index < -0.39 is 35.8 Å². The van der Waals surface area contributed by atoms with Gasteiger partial charge in [0.15, 0.2) is 0 Å². The van der Waals surface area contributed by atoms with Gasteiger partial charge in [-0.1, -0.05) is 65.8 Å². The molecule has 2 unspecified atom stereocenters. The molecule has 0 spiro atoms. The number of aromatic nitrogens is 4. The van der Waals surface area contributed by atoms with Gasteiger partial charge in [0.1, 0.15) is 11.6 Å². The van der Waals surface area contributed by atoms with E-state index in [-0.39, 0.29) is 74.0 Å². The molecule has 4 heterocycles. The number of imidazole rings is 2. The number of nitrogens with zero attached hydrogens (tertiary/aromatic N) is 2. The van der Waals surface area contributed by atoms with E-state index >= 15 is 0 Å². The third-order valence-electron chi connectivity index (χ3n) is 11.3. The van der Waals surface area contributed by atoms with E-state index in [9.17, 15) is 27.2 Å². The number of rotatable bonds is 9. The van der Waals surface area contributed by atoms with Gasteiger partial charge in [-0.3, -0.25) is 9.59 Å². The van der Waals surface area contributed by atoms with E-state index in [4.69, 9.17) is 4.98 Å². The van der Waals surface area contributed by atoms with Crippen molar-refractivity contribution in [2.75, 3.05) is 0 Å². The number of benzene rings is 1. The van der Waals surface area contributed by atoms with E-state index in [2.05, 4.69) is 48.5 Å². The van der Waals surface area contributed by atoms with Crippen molar-refractivity contribution in [1.82, 2.24) is 30.6 Å². The summed E-state index contributed by atoms with van der Waals surface area (Å²) in [5, 5.41) is 10.5. The number of amides is 2. The van der Waals surface area contributed by atoms with E-state index in [1.165, 1.54) is 0 Å². The molecule has 8 nitrogen and oxygen atoms in total. The highest BCUT2D eigenvalue weighted by molar-refractivity contribution is 7.27. The maximum atomic E-state index is 13.8. The number of hydrogen-bond acceptors (Lipinski definition) is 6. The van der Waals surface area contributed by atoms with Crippen LogP contribution in [0.3, 0.4) is 0 Å². The zero-order valence-corrected chi connectivity index (χ0v) is 34.3. The van der Waals surface area contributed by atoms with Crippen LogP contribution in [0.25, 0.3) is 43.0 Å². The molecule has 2 aliphatic carbocycles. The molecule has 5 aromatic rings. The van der Waals surface area contributed by atoms with Crippen molar-refractivity contribution in [2.45, 2.75) is 117 Å². The van der Waals surface area contributed by atoms with Gasteiger partial charge in [-0.2, -0.15) is 0 Å². The minimum absolute atomic E-state index is 0.175. The lowest BCUT2D eigenvalue weighted by atomic mass is 9.83. The predicted octanol–water partition coefficient (Wildman–Crippen LogP) is 11.5. The van der Waals surface area contributed by atoms with Crippen LogP contribution in [0, 0.1) is 22.7 Å². The second kappa shape index (κ2) is 15.0. The molecule has 2 atom stereocenters. The highest BCUT2D eigenvalue weighted by Gasteiger charge is 2.41. The molecule has 0 aliphatic heterocycles.